The number of halogens is 6. The Morgan fingerprint density at radius 3 is 2.50 bits per heavy atom. The minimum absolute atomic E-state index is 0.175. The SMILES string of the molecule is N#Cc1cc(F)cc(Oc2ccc3c(c2C(F)F)C(=O)C(F)(F)C3F)c1. The van der Waals surface area contributed by atoms with Crippen LogP contribution in [0.1, 0.15) is 39.6 Å². The minimum atomic E-state index is -4.46. The molecule has 0 N–H and O–H groups in total. The van der Waals surface area contributed by atoms with Crippen molar-refractivity contribution in [2.75, 3.05) is 0 Å². The molecule has 2 aromatic carbocycles. The van der Waals surface area contributed by atoms with Gasteiger partial charge in [0.1, 0.15) is 17.3 Å². The van der Waals surface area contributed by atoms with Crippen LogP contribution >= 0.6 is 0 Å². The maximum absolute atomic E-state index is 13.8. The Morgan fingerprint density at radius 2 is 1.88 bits per heavy atom. The summed E-state index contributed by atoms with van der Waals surface area (Å²) >= 11 is 0. The molecule has 1 unspecified atom stereocenters. The molecular formula is C17H7F6NO2. The third kappa shape index (κ3) is 2.67. The zero-order valence-corrected chi connectivity index (χ0v) is 12.6. The molecule has 0 heterocycles. The van der Waals surface area contributed by atoms with E-state index >= 15 is 0 Å². The Bertz CT molecular complexity index is 951. The van der Waals surface area contributed by atoms with Gasteiger partial charge in [-0.15, -0.1) is 0 Å². The molecule has 3 nitrogen and oxygen atoms in total. The van der Waals surface area contributed by atoms with Crippen LogP contribution < -0.4 is 4.74 Å². The van der Waals surface area contributed by atoms with Gasteiger partial charge in [0.25, 0.3) is 6.43 Å². The van der Waals surface area contributed by atoms with Crippen LogP contribution in [-0.4, -0.2) is 11.7 Å². The lowest BCUT2D eigenvalue weighted by atomic mass is 10.0. The van der Waals surface area contributed by atoms with Crippen molar-refractivity contribution in [1.82, 2.24) is 0 Å². The zero-order valence-electron chi connectivity index (χ0n) is 12.6. The first-order valence-electron chi connectivity index (χ1n) is 7.07. The number of ketones is 1. The van der Waals surface area contributed by atoms with Crippen molar-refractivity contribution < 1.29 is 35.9 Å². The third-order valence-corrected chi connectivity index (χ3v) is 3.81. The van der Waals surface area contributed by atoms with E-state index in [0.717, 1.165) is 30.3 Å². The lowest BCUT2D eigenvalue weighted by molar-refractivity contribution is -0.0364. The Hall–Kier alpha value is -3.02. The fourth-order valence-electron chi connectivity index (χ4n) is 2.68. The molecule has 0 spiro atoms. The molecule has 0 saturated heterocycles. The summed E-state index contributed by atoms with van der Waals surface area (Å²) in [6.45, 7) is 0. The van der Waals surface area contributed by atoms with Crippen LogP contribution in [0.5, 0.6) is 11.5 Å². The van der Waals surface area contributed by atoms with Crippen molar-refractivity contribution in [3.05, 3.63) is 58.4 Å². The highest BCUT2D eigenvalue weighted by Crippen LogP contribution is 2.50. The molecule has 0 fully saturated rings. The lowest BCUT2D eigenvalue weighted by Gasteiger charge is -2.14. The van der Waals surface area contributed by atoms with E-state index in [1.54, 1.807) is 6.07 Å². The molecule has 0 aromatic heterocycles. The van der Waals surface area contributed by atoms with Crippen molar-refractivity contribution >= 4 is 5.78 Å². The summed E-state index contributed by atoms with van der Waals surface area (Å²) in [5.41, 5.74) is -3.40. The number of hydrogen-bond acceptors (Lipinski definition) is 3. The number of alkyl halides is 5. The van der Waals surface area contributed by atoms with Gasteiger partial charge in [-0.2, -0.15) is 14.0 Å². The van der Waals surface area contributed by atoms with E-state index in [9.17, 15) is 31.1 Å². The van der Waals surface area contributed by atoms with Gasteiger partial charge in [-0.05, 0) is 18.2 Å². The molecule has 0 amide bonds. The number of Topliss-reactive ketones (excluding diaryl/α,β-unsaturated/α-hetero) is 1. The van der Waals surface area contributed by atoms with E-state index < -0.39 is 52.6 Å². The number of ether oxygens (including phenoxy) is 1. The highest BCUT2D eigenvalue weighted by Gasteiger charge is 2.58. The van der Waals surface area contributed by atoms with Gasteiger partial charge in [0.2, 0.25) is 5.78 Å². The maximum Gasteiger partial charge on any atom is 0.344 e. The first-order valence-corrected chi connectivity index (χ1v) is 7.07. The molecule has 1 aliphatic rings. The number of hydrogen-bond donors (Lipinski definition) is 0. The molecule has 0 aliphatic heterocycles. The fourth-order valence-corrected chi connectivity index (χ4v) is 2.68. The van der Waals surface area contributed by atoms with E-state index in [1.165, 1.54) is 0 Å². The highest BCUT2D eigenvalue weighted by molar-refractivity contribution is 6.08. The second-order valence-electron chi connectivity index (χ2n) is 5.45. The van der Waals surface area contributed by atoms with Crippen LogP contribution in [0.25, 0.3) is 0 Å². The predicted molar refractivity (Wildman–Crippen MR) is 75.7 cm³/mol. The average Bonchev–Trinajstić information content (AvgIpc) is 2.74. The standard InChI is InChI=1S/C17H7F6NO2/c18-8-3-7(6-24)4-9(5-8)26-11-2-1-10-12(13(11)16(20)21)15(25)17(22,23)14(10)19/h1-5,14,16H. The number of carbonyl (C=O) groups excluding carboxylic acids is 1. The second kappa shape index (κ2) is 6.05. The molecule has 0 radical (unpaired) electrons. The summed E-state index contributed by atoms with van der Waals surface area (Å²) in [5, 5.41) is 8.78. The number of benzene rings is 2. The Kier molecular flexibility index (Phi) is 4.14. The summed E-state index contributed by atoms with van der Waals surface area (Å²) in [6, 6.07) is 5.82. The van der Waals surface area contributed by atoms with Gasteiger partial charge >= 0.3 is 5.92 Å². The van der Waals surface area contributed by atoms with Gasteiger partial charge in [0.05, 0.1) is 17.2 Å². The van der Waals surface area contributed by atoms with Gasteiger partial charge in [-0.25, -0.2) is 17.6 Å². The van der Waals surface area contributed by atoms with Crippen molar-refractivity contribution in [2.45, 2.75) is 18.5 Å². The third-order valence-electron chi connectivity index (χ3n) is 3.81. The van der Waals surface area contributed by atoms with Crippen molar-refractivity contribution in [3.8, 4) is 17.6 Å². The number of nitriles is 1. The first kappa shape index (κ1) is 17.8. The largest absolute Gasteiger partial charge is 0.457 e. The smallest absolute Gasteiger partial charge is 0.344 e. The summed E-state index contributed by atoms with van der Waals surface area (Å²) in [6.07, 6.45) is -6.48. The molecule has 9 heteroatoms. The molecule has 26 heavy (non-hydrogen) atoms. The van der Waals surface area contributed by atoms with Crippen LogP contribution in [-0.2, 0) is 0 Å². The molecule has 1 atom stereocenters. The van der Waals surface area contributed by atoms with Gasteiger partial charge in [0.15, 0.2) is 6.17 Å². The average molecular weight is 371 g/mol. The molecule has 0 saturated carbocycles. The lowest BCUT2D eigenvalue weighted by Crippen LogP contribution is -2.26. The monoisotopic (exact) mass is 371 g/mol. The Balaban J connectivity index is 2.14. The van der Waals surface area contributed by atoms with Gasteiger partial charge in [0, 0.05) is 17.2 Å². The van der Waals surface area contributed by atoms with Crippen molar-refractivity contribution in [3.63, 3.8) is 0 Å². The normalized spacial score (nSPS) is 17.9. The topological polar surface area (TPSA) is 50.1 Å². The maximum atomic E-state index is 13.8. The Labute approximate surface area is 142 Å². The van der Waals surface area contributed by atoms with E-state index in [4.69, 9.17) is 10.00 Å². The number of nitrogens with zero attached hydrogens (tertiary/aromatic N) is 1. The summed E-state index contributed by atoms with van der Waals surface area (Å²) in [7, 11) is 0. The van der Waals surface area contributed by atoms with Crippen molar-refractivity contribution in [1.29, 1.82) is 5.26 Å². The van der Waals surface area contributed by atoms with Crippen molar-refractivity contribution in [2.24, 2.45) is 0 Å². The summed E-state index contributed by atoms with van der Waals surface area (Å²) in [5.74, 6) is -8.51. The van der Waals surface area contributed by atoms with Crippen LogP contribution in [0.3, 0.4) is 0 Å². The fraction of sp³-hybridized carbons (Fsp3) is 0.176. The number of rotatable bonds is 3. The van der Waals surface area contributed by atoms with E-state index in [0.29, 0.717) is 0 Å². The van der Waals surface area contributed by atoms with Crippen LogP contribution in [0.15, 0.2) is 30.3 Å². The van der Waals surface area contributed by atoms with Crippen LogP contribution in [0, 0.1) is 17.1 Å². The number of fused-ring (bicyclic) bond motifs is 1. The second-order valence-corrected chi connectivity index (χ2v) is 5.45. The summed E-state index contributed by atoms with van der Waals surface area (Å²) in [4.78, 5) is 11.7. The molecule has 3 rings (SSSR count). The Morgan fingerprint density at radius 1 is 1.19 bits per heavy atom. The van der Waals surface area contributed by atoms with Crippen LogP contribution in [0.4, 0.5) is 26.3 Å². The molecule has 134 valence electrons. The highest BCUT2D eigenvalue weighted by atomic mass is 19.3. The number of carbonyl (C=O) groups is 1. The summed E-state index contributed by atoms with van der Waals surface area (Å²) < 4.78 is 86.3. The molecule has 2 aromatic rings. The minimum Gasteiger partial charge on any atom is -0.457 e. The van der Waals surface area contributed by atoms with Gasteiger partial charge < -0.3 is 4.74 Å². The molecular weight excluding hydrogens is 364 g/mol. The van der Waals surface area contributed by atoms with Crippen LogP contribution in [0.2, 0.25) is 0 Å². The van der Waals surface area contributed by atoms with Gasteiger partial charge in [-0.3, -0.25) is 4.79 Å². The zero-order chi connectivity index (χ0) is 19.2. The van der Waals surface area contributed by atoms with E-state index in [-0.39, 0.29) is 11.3 Å². The van der Waals surface area contributed by atoms with E-state index in [2.05, 4.69) is 0 Å². The van der Waals surface area contributed by atoms with E-state index in [1.807, 2.05) is 0 Å². The van der Waals surface area contributed by atoms with Gasteiger partial charge in [-0.1, -0.05) is 6.07 Å². The molecule has 1 aliphatic carbocycles. The quantitative estimate of drug-likeness (QED) is 0.691. The molecule has 0 bridgehead atoms. The predicted octanol–water partition coefficient (Wildman–Crippen LogP) is 5.27. The first-order chi connectivity index (χ1) is 12.2.